The van der Waals surface area contributed by atoms with E-state index in [-0.39, 0.29) is 6.54 Å². The van der Waals surface area contributed by atoms with Gasteiger partial charge in [0.25, 0.3) is 0 Å². The Morgan fingerprint density at radius 2 is 1.89 bits per heavy atom. The molecule has 110 valence electrons. The molecule has 0 saturated heterocycles. The first-order chi connectivity index (χ1) is 8.85. The molecule has 0 amide bonds. The number of nitrogens with two attached hydrogens (primary N) is 1. The number of hydrogen-bond donors (Lipinski definition) is 4. The molecule has 0 aliphatic heterocycles. The van der Waals surface area contributed by atoms with Crippen molar-refractivity contribution in [1.29, 1.82) is 0 Å². The maximum atomic E-state index is 11.3. The summed E-state index contributed by atoms with van der Waals surface area (Å²) in [5, 5.41) is 20.8. The van der Waals surface area contributed by atoms with E-state index >= 15 is 0 Å². The lowest BCUT2D eigenvalue weighted by molar-refractivity contribution is -0.147. The van der Waals surface area contributed by atoms with Crippen molar-refractivity contribution in [3.8, 4) is 0 Å². The van der Waals surface area contributed by atoms with E-state index < -0.39 is 23.5 Å². The van der Waals surface area contributed by atoms with Crippen LogP contribution < -0.4 is 11.1 Å². The summed E-state index contributed by atoms with van der Waals surface area (Å²) in [5.74, 6) is -2.43. The lowest BCUT2D eigenvalue weighted by Gasteiger charge is -2.32. The van der Waals surface area contributed by atoms with Gasteiger partial charge in [0.2, 0.25) is 0 Å². The normalized spacial score (nSPS) is 21.6. The third kappa shape index (κ3) is 4.80. The summed E-state index contributed by atoms with van der Waals surface area (Å²) in [7, 11) is 0. The van der Waals surface area contributed by atoms with Crippen LogP contribution >= 0.6 is 0 Å². The molecule has 0 aromatic heterocycles. The zero-order chi connectivity index (χ0) is 14.5. The molecular formula is C13H24N2O4. The Hall–Kier alpha value is -1.14. The SMILES string of the molecule is CC(CN[C@@](N)(CC1CCCCC1)C(=O)O)C(=O)O. The van der Waals surface area contributed by atoms with Crippen molar-refractivity contribution >= 4 is 11.9 Å². The van der Waals surface area contributed by atoms with E-state index in [0.29, 0.717) is 12.3 Å². The summed E-state index contributed by atoms with van der Waals surface area (Å²) in [6.07, 6.45) is 5.79. The largest absolute Gasteiger partial charge is 0.481 e. The molecule has 0 aromatic carbocycles. The van der Waals surface area contributed by atoms with Crippen LogP contribution in [0.2, 0.25) is 0 Å². The van der Waals surface area contributed by atoms with E-state index in [4.69, 9.17) is 10.8 Å². The van der Waals surface area contributed by atoms with E-state index in [0.717, 1.165) is 25.7 Å². The summed E-state index contributed by atoms with van der Waals surface area (Å²) < 4.78 is 0. The van der Waals surface area contributed by atoms with Gasteiger partial charge >= 0.3 is 11.9 Å². The zero-order valence-corrected chi connectivity index (χ0v) is 11.4. The molecule has 0 heterocycles. The minimum atomic E-state index is -1.52. The highest BCUT2D eigenvalue weighted by molar-refractivity contribution is 5.78. The minimum absolute atomic E-state index is 0.0604. The number of carboxylic acid groups (broad SMARTS) is 2. The van der Waals surface area contributed by atoms with Crippen molar-refractivity contribution in [3.05, 3.63) is 0 Å². The van der Waals surface area contributed by atoms with E-state index in [2.05, 4.69) is 5.32 Å². The fourth-order valence-electron chi connectivity index (χ4n) is 2.50. The zero-order valence-electron chi connectivity index (χ0n) is 11.4. The molecule has 2 atom stereocenters. The van der Waals surface area contributed by atoms with Crippen LogP contribution in [0.4, 0.5) is 0 Å². The van der Waals surface area contributed by atoms with E-state index in [1.807, 2.05) is 0 Å². The van der Waals surface area contributed by atoms with Crippen molar-refractivity contribution in [2.24, 2.45) is 17.6 Å². The monoisotopic (exact) mass is 272 g/mol. The predicted molar refractivity (Wildman–Crippen MR) is 70.5 cm³/mol. The maximum absolute atomic E-state index is 11.3. The second-order valence-electron chi connectivity index (χ2n) is 5.60. The fourth-order valence-corrected chi connectivity index (χ4v) is 2.50. The van der Waals surface area contributed by atoms with E-state index in [9.17, 15) is 14.7 Å². The number of aliphatic carboxylic acids is 2. The lowest BCUT2D eigenvalue weighted by Crippen LogP contribution is -2.61. The summed E-state index contributed by atoms with van der Waals surface area (Å²) in [6, 6.07) is 0. The Bertz CT molecular complexity index is 329. The summed E-state index contributed by atoms with van der Waals surface area (Å²) >= 11 is 0. The second-order valence-corrected chi connectivity index (χ2v) is 5.60. The van der Waals surface area contributed by atoms with Gasteiger partial charge in [-0.3, -0.25) is 10.1 Å². The molecule has 1 unspecified atom stereocenters. The highest BCUT2D eigenvalue weighted by Crippen LogP contribution is 2.29. The van der Waals surface area contributed by atoms with Gasteiger partial charge in [-0.25, -0.2) is 4.79 Å². The first-order valence-corrected chi connectivity index (χ1v) is 6.85. The van der Waals surface area contributed by atoms with Crippen molar-refractivity contribution in [3.63, 3.8) is 0 Å². The van der Waals surface area contributed by atoms with Crippen LogP contribution in [0, 0.1) is 11.8 Å². The molecule has 1 aliphatic carbocycles. The summed E-state index contributed by atoms with van der Waals surface area (Å²) in [5.41, 5.74) is 4.39. The third-order valence-electron chi connectivity index (χ3n) is 3.86. The van der Waals surface area contributed by atoms with Crippen LogP contribution in [-0.4, -0.2) is 34.4 Å². The van der Waals surface area contributed by atoms with Gasteiger partial charge in [-0.15, -0.1) is 0 Å². The van der Waals surface area contributed by atoms with Crippen LogP contribution in [0.3, 0.4) is 0 Å². The van der Waals surface area contributed by atoms with Crippen LogP contribution in [0.1, 0.15) is 45.4 Å². The number of carboxylic acids is 2. The predicted octanol–water partition coefficient (Wildman–Crippen LogP) is 1.01. The Labute approximate surface area is 113 Å². The Balaban J connectivity index is 2.57. The Morgan fingerprint density at radius 3 is 2.37 bits per heavy atom. The average Bonchev–Trinajstić information content (AvgIpc) is 2.36. The fraction of sp³-hybridized carbons (Fsp3) is 0.846. The van der Waals surface area contributed by atoms with Crippen LogP contribution in [0.15, 0.2) is 0 Å². The third-order valence-corrected chi connectivity index (χ3v) is 3.86. The molecule has 6 heteroatoms. The molecule has 1 fully saturated rings. The maximum Gasteiger partial charge on any atom is 0.338 e. The van der Waals surface area contributed by atoms with E-state index in [1.54, 1.807) is 0 Å². The van der Waals surface area contributed by atoms with Crippen molar-refractivity contribution < 1.29 is 19.8 Å². The Morgan fingerprint density at radius 1 is 1.32 bits per heavy atom. The number of rotatable bonds is 7. The van der Waals surface area contributed by atoms with Crippen LogP contribution in [0.25, 0.3) is 0 Å². The second kappa shape index (κ2) is 6.86. The molecule has 0 aromatic rings. The lowest BCUT2D eigenvalue weighted by atomic mass is 9.82. The van der Waals surface area contributed by atoms with Crippen molar-refractivity contribution in [2.75, 3.05) is 6.54 Å². The Kier molecular flexibility index (Phi) is 5.75. The van der Waals surface area contributed by atoms with Crippen molar-refractivity contribution in [2.45, 2.75) is 51.1 Å². The first kappa shape index (κ1) is 15.9. The molecule has 1 saturated carbocycles. The van der Waals surface area contributed by atoms with E-state index in [1.165, 1.54) is 13.3 Å². The molecule has 5 N–H and O–H groups in total. The molecule has 0 radical (unpaired) electrons. The summed E-state index contributed by atoms with van der Waals surface area (Å²) in [4.78, 5) is 22.1. The van der Waals surface area contributed by atoms with Gasteiger partial charge in [-0.1, -0.05) is 39.0 Å². The van der Waals surface area contributed by atoms with Gasteiger partial charge in [0.05, 0.1) is 5.92 Å². The van der Waals surface area contributed by atoms with Gasteiger partial charge < -0.3 is 15.9 Å². The highest BCUT2D eigenvalue weighted by Gasteiger charge is 2.37. The van der Waals surface area contributed by atoms with Gasteiger partial charge in [0, 0.05) is 6.54 Å². The number of nitrogens with one attached hydrogen (secondary N) is 1. The van der Waals surface area contributed by atoms with Gasteiger partial charge in [-0.2, -0.15) is 0 Å². The van der Waals surface area contributed by atoms with Gasteiger partial charge in [0.15, 0.2) is 5.66 Å². The number of hydrogen-bond acceptors (Lipinski definition) is 4. The van der Waals surface area contributed by atoms with Crippen molar-refractivity contribution in [1.82, 2.24) is 5.32 Å². The minimum Gasteiger partial charge on any atom is -0.481 e. The van der Waals surface area contributed by atoms with Crippen LogP contribution in [0.5, 0.6) is 0 Å². The van der Waals surface area contributed by atoms with Gasteiger partial charge in [-0.05, 0) is 12.3 Å². The molecule has 19 heavy (non-hydrogen) atoms. The smallest absolute Gasteiger partial charge is 0.338 e. The average molecular weight is 272 g/mol. The standard InChI is InChI=1S/C13H24N2O4/c1-9(11(16)17)8-15-13(14,12(18)19)7-10-5-3-2-4-6-10/h9-10,15H,2-8,14H2,1H3,(H,16,17)(H,18,19)/t9?,13-/m0/s1. The summed E-state index contributed by atoms with van der Waals surface area (Å²) in [6.45, 7) is 1.59. The number of carbonyl (C=O) groups is 2. The molecule has 0 spiro atoms. The highest BCUT2D eigenvalue weighted by atomic mass is 16.4. The molecular weight excluding hydrogens is 248 g/mol. The van der Waals surface area contributed by atoms with Crippen LogP contribution in [-0.2, 0) is 9.59 Å². The topological polar surface area (TPSA) is 113 Å². The molecule has 6 nitrogen and oxygen atoms in total. The molecule has 1 aliphatic rings. The quantitative estimate of drug-likeness (QED) is 0.514. The first-order valence-electron chi connectivity index (χ1n) is 6.85. The van der Waals surface area contributed by atoms with Gasteiger partial charge in [0.1, 0.15) is 0 Å². The molecule has 1 rings (SSSR count). The molecule has 0 bridgehead atoms.